The number of hydrogen-bond donors (Lipinski definition) is 1. The monoisotopic (exact) mass is 313 g/mol. The second-order valence-electron chi connectivity index (χ2n) is 4.75. The molecule has 22 heavy (non-hydrogen) atoms. The number of amides is 1. The fourth-order valence-corrected chi connectivity index (χ4v) is 2.45. The molecule has 3 aromatic rings. The average Bonchev–Trinajstić information content (AvgIpc) is 2.97. The summed E-state index contributed by atoms with van der Waals surface area (Å²) in [5.74, 6) is -0.153. The predicted octanol–water partition coefficient (Wildman–Crippen LogP) is 3.90. The minimum atomic E-state index is -0.380. The summed E-state index contributed by atoms with van der Waals surface area (Å²) < 4.78 is 17.1. The summed E-state index contributed by atoms with van der Waals surface area (Å²) in [5.41, 5.74) is 2.42. The van der Waals surface area contributed by atoms with Crippen LogP contribution in [0.15, 0.2) is 48.5 Å². The molecule has 0 spiro atoms. The number of carbonyl (C=O) groups excluding carboxylic acids is 1. The van der Waals surface area contributed by atoms with Crippen molar-refractivity contribution in [3.63, 3.8) is 0 Å². The van der Waals surface area contributed by atoms with Gasteiger partial charge in [0.15, 0.2) is 5.82 Å². The molecule has 2 aromatic carbocycles. The van der Waals surface area contributed by atoms with Crippen molar-refractivity contribution in [1.29, 1.82) is 0 Å². The summed E-state index contributed by atoms with van der Waals surface area (Å²) in [4.78, 5) is 16.3. The molecule has 0 radical (unpaired) electrons. The Morgan fingerprint density at radius 1 is 1.09 bits per heavy atom. The first-order valence-corrected chi connectivity index (χ1v) is 7.37. The summed E-state index contributed by atoms with van der Waals surface area (Å²) >= 11 is 1.11. The van der Waals surface area contributed by atoms with Crippen LogP contribution in [0.2, 0.25) is 0 Å². The molecule has 110 valence electrons. The van der Waals surface area contributed by atoms with E-state index in [1.165, 1.54) is 24.3 Å². The molecule has 0 aliphatic carbocycles. The summed E-state index contributed by atoms with van der Waals surface area (Å²) in [6.07, 6.45) is 0. The second kappa shape index (κ2) is 6.03. The predicted molar refractivity (Wildman–Crippen MR) is 84.4 cm³/mol. The number of rotatable bonds is 3. The summed E-state index contributed by atoms with van der Waals surface area (Å²) in [7, 11) is 0. The van der Waals surface area contributed by atoms with Gasteiger partial charge < -0.3 is 0 Å². The maximum atomic E-state index is 12.8. The number of carbonyl (C=O) groups is 1. The van der Waals surface area contributed by atoms with E-state index in [9.17, 15) is 9.18 Å². The largest absolute Gasteiger partial charge is 0.297 e. The van der Waals surface area contributed by atoms with Crippen molar-refractivity contribution in [3.8, 4) is 11.4 Å². The maximum Gasteiger partial charge on any atom is 0.257 e. The molecule has 0 atom stereocenters. The minimum Gasteiger partial charge on any atom is -0.297 e. The fourth-order valence-electron chi connectivity index (χ4n) is 1.86. The van der Waals surface area contributed by atoms with E-state index in [0.29, 0.717) is 16.5 Å². The van der Waals surface area contributed by atoms with Crippen molar-refractivity contribution in [1.82, 2.24) is 9.36 Å². The first kappa shape index (κ1) is 14.3. The zero-order valence-electron chi connectivity index (χ0n) is 11.7. The van der Waals surface area contributed by atoms with Gasteiger partial charge in [-0.1, -0.05) is 29.8 Å². The van der Waals surface area contributed by atoms with E-state index >= 15 is 0 Å². The number of aryl methyl sites for hydroxylation is 1. The number of nitrogens with one attached hydrogen (secondary N) is 1. The van der Waals surface area contributed by atoms with E-state index in [0.717, 1.165) is 22.7 Å². The molecule has 4 nitrogen and oxygen atoms in total. The Kier molecular flexibility index (Phi) is 3.93. The van der Waals surface area contributed by atoms with E-state index < -0.39 is 0 Å². The van der Waals surface area contributed by atoms with E-state index in [-0.39, 0.29) is 11.7 Å². The van der Waals surface area contributed by atoms with Crippen LogP contribution < -0.4 is 5.32 Å². The third-order valence-electron chi connectivity index (χ3n) is 3.06. The Morgan fingerprint density at radius 2 is 1.77 bits per heavy atom. The average molecular weight is 313 g/mol. The first-order valence-electron chi connectivity index (χ1n) is 6.59. The number of benzene rings is 2. The van der Waals surface area contributed by atoms with Gasteiger partial charge in [-0.25, -0.2) is 4.39 Å². The lowest BCUT2D eigenvalue weighted by atomic mass is 10.1. The normalized spacial score (nSPS) is 10.5. The van der Waals surface area contributed by atoms with Gasteiger partial charge in [-0.3, -0.25) is 10.1 Å². The highest BCUT2D eigenvalue weighted by Crippen LogP contribution is 2.21. The molecule has 0 aliphatic heterocycles. The van der Waals surface area contributed by atoms with Gasteiger partial charge in [0.25, 0.3) is 5.91 Å². The van der Waals surface area contributed by atoms with Crippen molar-refractivity contribution in [2.24, 2.45) is 0 Å². The molecule has 0 saturated heterocycles. The Hall–Kier alpha value is -2.60. The molecular formula is C16H12FN3OS. The number of anilines is 1. The van der Waals surface area contributed by atoms with Crippen molar-refractivity contribution >= 4 is 22.6 Å². The van der Waals surface area contributed by atoms with Gasteiger partial charge in [0.1, 0.15) is 5.82 Å². The molecule has 0 unspecified atom stereocenters. The SMILES string of the molecule is Cc1ccc(-c2nsc(NC(=O)c3ccc(F)cc3)n2)cc1. The Balaban J connectivity index is 1.75. The lowest BCUT2D eigenvalue weighted by Crippen LogP contribution is -2.11. The topological polar surface area (TPSA) is 54.9 Å². The van der Waals surface area contributed by atoms with Crippen LogP contribution in [-0.2, 0) is 0 Å². The maximum absolute atomic E-state index is 12.8. The number of halogens is 1. The molecule has 0 bridgehead atoms. The Bertz CT molecular complexity index is 797. The van der Waals surface area contributed by atoms with Crippen LogP contribution in [0.1, 0.15) is 15.9 Å². The Labute approximate surface area is 130 Å². The van der Waals surface area contributed by atoms with Crippen LogP contribution in [0.3, 0.4) is 0 Å². The lowest BCUT2D eigenvalue weighted by Gasteiger charge is -2.00. The van der Waals surface area contributed by atoms with Crippen LogP contribution in [0, 0.1) is 12.7 Å². The van der Waals surface area contributed by atoms with Crippen LogP contribution in [0.4, 0.5) is 9.52 Å². The summed E-state index contributed by atoms with van der Waals surface area (Å²) in [6.45, 7) is 2.01. The van der Waals surface area contributed by atoms with Crippen LogP contribution >= 0.6 is 11.5 Å². The van der Waals surface area contributed by atoms with Crippen molar-refractivity contribution < 1.29 is 9.18 Å². The van der Waals surface area contributed by atoms with E-state index in [4.69, 9.17) is 0 Å². The Morgan fingerprint density at radius 3 is 2.45 bits per heavy atom. The lowest BCUT2D eigenvalue weighted by molar-refractivity contribution is 0.102. The number of hydrogen-bond acceptors (Lipinski definition) is 4. The van der Waals surface area contributed by atoms with Gasteiger partial charge in [-0.15, -0.1) is 0 Å². The molecule has 3 rings (SSSR count). The smallest absolute Gasteiger partial charge is 0.257 e. The number of nitrogens with zero attached hydrogens (tertiary/aromatic N) is 2. The van der Waals surface area contributed by atoms with Crippen LogP contribution in [-0.4, -0.2) is 15.3 Å². The van der Waals surface area contributed by atoms with Gasteiger partial charge in [0.2, 0.25) is 5.13 Å². The highest BCUT2D eigenvalue weighted by Gasteiger charge is 2.11. The molecule has 1 amide bonds. The molecule has 1 heterocycles. The standard InChI is InChI=1S/C16H12FN3OS/c1-10-2-4-11(5-3-10)14-18-16(22-20-14)19-15(21)12-6-8-13(17)9-7-12/h2-9H,1H3,(H,18,19,20,21). The molecule has 1 aromatic heterocycles. The first-order chi connectivity index (χ1) is 10.6. The quantitative estimate of drug-likeness (QED) is 0.797. The molecular weight excluding hydrogens is 301 g/mol. The van der Waals surface area contributed by atoms with E-state index in [2.05, 4.69) is 14.7 Å². The van der Waals surface area contributed by atoms with Gasteiger partial charge in [-0.05, 0) is 31.2 Å². The summed E-state index contributed by atoms with van der Waals surface area (Å²) in [5, 5.41) is 3.07. The number of aromatic nitrogens is 2. The van der Waals surface area contributed by atoms with Crippen molar-refractivity contribution in [2.45, 2.75) is 6.92 Å². The van der Waals surface area contributed by atoms with E-state index in [1.54, 1.807) is 0 Å². The highest BCUT2D eigenvalue weighted by atomic mass is 32.1. The second-order valence-corrected chi connectivity index (χ2v) is 5.50. The zero-order chi connectivity index (χ0) is 15.5. The van der Waals surface area contributed by atoms with E-state index in [1.807, 2.05) is 31.2 Å². The third-order valence-corrected chi connectivity index (χ3v) is 3.69. The molecule has 0 fully saturated rings. The fraction of sp³-hybridized carbons (Fsp3) is 0.0625. The van der Waals surface area contributed by atoms with Gasteiger partial charge >= 0.3 is 0 Å². The summed E-state index contributed by atoms with van der Waals surface area (Å²) in [6, 6.07) is 13.2. The molecule has 1 N–H and O–H groups in total. The van der Waals surface area contributed by atoms with Crippen LogP contribution in [0.25, 0.3) is 11.4 Å². The highest BCUT2D eigenvalue weighted by molar-refractivity contribution is 7.10. The molecule has 0 aliphatic rings. The van der Waals surface area contributed by atoms with Crippen LogP contribution in [0.5, 0.6) is 0 Å². The van der Waals surface area contributed by atoms with Gasteiger partial charge in [0, 0.05) is 22.7 Å². The van der Waals surface area contributed by atoms with Crippen molar-refractivity contribution in [3.05, 3.63) is 65.5 Å². The molecule has 0 saturated carbocycles. The van der Waals surface area contributed by atoms with Crippen molar-refractivity contribution in [2.75, 3.05) is 5.32 Å². The third kappa shape index (κ3) is 3.17. The van der Waals surface area contributed by atoms with Gasteiger partial charge in [0.05, 0.1) is 0 Å². The molecule has 6 heteroatoms. The minimum absolute atomic E-state index is 0.341. The zero-order valence-corrected chi connectivity index (χ0v) is 12.5. The van der Waals surface area contributed by atoms with Gasteiger partial charge in [-0.2, -0.15) is 9.36 Å².